The Hall–Kier alpha value is -2.14. The highest BCUT2D eigenvalue weighted by molar-refractivity contribution is 7.14. The molecule has 0 saturated heterocycles. The second-order valence-electron chi connectivity index (χ2n) is 6.75. The number of carbonyl (C=O) groups is 2. The topological polar surface area (TPSA) is 55.4 Å². The maximum Gasteiger partial charge on any atom is 0.348 e. The molecular weight excluding hydrogens is 346 g/mol. The van der Waals surface area contributed by atoms with Crippen molar-refractivity contribution in [2.45, 2.75) is 46.0 Å². The Morgan fingerprint density at radius 1 is 1.23 bits per heavy atom. The van der Waals surface area contributed by atoms with Gasteiger partial charge in [-0.3, -0.25) is 4.79 Å². The lowest BCUT2D eigenvalue weighted by Crippen LogP contribution is -2.20. The number of hydrogen-bond donors (Lipinski definition) is 1. The third-order valence-corrected chi connectivity index (χ3v) is 6.16. The molecule has 1 aliphatic rings. The summed E-state index contributed by atoms with van der Waals surface area (Å²) in [5, 5.41) is 2.75. The first-order valence-electron chi connectivity index (χ1n) is 9.26. The quantitative estimate of drug-likeness (QED) is 0.754. The highest BCUT2D eigenvalue weighted by Crippen LogP contribution is 2.33. The van der Waals surface area contributed by atoms with E-state index in [-0.39, 0.29) is 12.5 Å². The van der Waals surface area contributed by atoms with Crippen molar-refractivity contribution in [1.29, 1.82) is 0 Å². The first kappa shape index (κ1) is 18.6. The molecule has 138 valence electrons. The lowest BCUT2D eigenvalue weighted by molar-refractivity contribution is -0.119. The van der Waals surface area contributed by atoms with Crippen LogP contribution in [0.3, 0.4) is 0 Å². The van der Waals surface area contributed by atoms with Gasteiger partial charge < -0.3 is 10.1 Å². The summed E-state index contributed by atoms with van der Waals surface area (Å²) in [5.74, 6) is -0.0188. The summed E-state index contributed by atoms with van der Waals surface area (Å²) in [4.78, 5) is 26.2. The Balaban J connectivity index is 1.52. The minimum Gasteiger partial charge on any atom is -0.451 e. The van der Waals surface area contributed by atoms with E-state index in [1.54, 1.807) is 0 Å². The molecular formula is C21H25NO3S. The Labute approximate surface area is 158 Å². The van der Waals surface area contributed by atoms with E-state index in [1.165, 1.54) is 40.2 Å². The van der Waals surface area contributed by atoms with Gasteiger partial charge in [-0.2, -0.15) is 0 Å². The van der Waals surface area contributed by atoms with Crippen LogP contribution in [0.15, 0.2) is 30.3 Å². The van der Waals surface area contributed by atoms with E-state index in [2.05, 4.69) is 19.2 Å². The van der Waals surface area contributed by atoms with Crippen LogP contribution in [0.4, 0.5) is 5.69 Å². The van der Waals surface area contributed by atoms with Crippen LogP contribution < -0.4 is 5.32 Å². The van der Waals surface area contributed by atoms with Crippen molar-refractivity contribution >= 4 is 28.9 Å². The van der Waals surface area contributed by atoms with E-state index < -0.39 is 5.97 Å². The fraction of sp³-hybridized carbons (Fsp3) is 0.429. The van der Waals surface area contributed by atoms with E-state index in [4.69, 9.17) is 4.74 Å². The second kappa shape index (κ2) is 8.49. The number of thiophene rings is 1. The van der Waals surface area contributed by atoms with Crippen molar-refractivity contribution in [2.75, 3.05) is 11.9 Å². The molecule has 1 aromatic heterocycles. The zero-order valence-corrected chi connectivity index (χ0v) is 16.2. The predicted molar refractivity (Wildman–Crippen MR) is 105 cm³/mol. The average molecular weight is 372 g/mol. The van der Waals surface area contributed by atoms with E-state index in [9.17, 15) is 9.59 Å². The fourth-order valence-electron chi connectivity index (χ4n) is 3.27. The minimum absolute atomic E-state index is 0.269. The standard InChI is InChI=1S/C21H25NO3S/c1-3-14-5-8-17(9-6-14)22-20(23)13-25-21(24)19-12-16-11-15(4-2)7-10-18(16)26-19/h5-6,8-9,12,15H,3-4,7,10-11,13H2,1-2H3,(H,22,23)/t15-/m1/s1. The molecule has 0 unspecified atom stereocenters. The van der Waals surface area contributed by atoms with E-state index in [0.717, 1.165) is 19.3 Å². The van der Waals surface area contributed by atoms with Gasteiger partial charge in [-0.15, -0.1) is 11.3 Å². The lowest BCUT2D eigenvalue weighted by Gasteiger charge is -2.19. The molecule has 1 atom stereocenters. The van der Waals surface area contributed by atoms with E-state index in [1.807, 2.05) is 30.3 Å². The van der Waals surface area contributed by atoms with Gasteiger partial charge in [0.1, 0.15) is 4.88 Å². The zero-order valence-electron chi connectivity index (χ0n) is 15.3. The summed E-state index contributed by atoms with van der Waals surface area (Å²) in [5.41, 5.74) is 3.20. The Morgan fingerprint density at radius 2 is 2.00 bits per heavy atom. The van der Waals surface area contributed by atoms with E-state index in [0.29, 0.717) is 16.5 Å². The van der Waals surface area contributed by atoms with Crippen molar-refractivity contribution in [3.63, 3.8) is 0 Å². The molecule has 1 aliphatic carbocycles. The van der Waals surface area contributed by atoms with Gasteiger partial charge in [-0.25, -0.2) is 4.79 Å². The maximum atomic E-state index is 12.3. The number of esters is 1. The monoisotopic (exact) mass is 371 g/mol. The van der Waals surface area contributed by atoms with Gasteiger partial charge in [-0.1, -0.05) is 32.4 Å². The number of benzene rings is 1. The minimum atomic E-state index is -0.408. The molecule has 0 bridgehead atoms. The molecule has 1 N–H and O–H groups in total. The normalized spacial score (nSPS) is 16.0. The van der Waals surface area contributed by atoms with Gasteiger partial charge in [0.2, 0.25) is 0 Å². The smallest absolute Gasteiger partial charge is 0.348 e. The van der Waals surface area contributed by atoms with Gasteiger partial charge in [0.15, 0.2) is 6.61 Å². The van der Waals surface area contributed by atoms with Crippen LogP contribution in [0.25, 0.3) is 0 Å². The van der Waals surface area contributed by atoms with Crippen LogP contribution in [0.1, 0.15) is 52.4 Å². The number of fused-ring (bicyclic) bond motifs is 1. The Morgan fingerprint density at radius 3 is 2.69 bits per heavy atom. The lowest BCUT2D eigenvalue weighted by atomic mass is 9.87. The van der Waals surface area contributed by atoms with Gasteiger partial charge in [0, 0.05) is 10.6 Å². The van der Waals surface area contributed by atoms with Crippen LogP contribution in [-0.2, 0) is 28.8 Å². The first-order valence-corrected chi connectivity index (χ1v) is 10.1. The number of nitrogens with one attached hydrogen (secondary N) is 1. The summed E-state index contributed by atoms with van der Waals surface area (Å²) in [6.45, 7) is 4.03. The number of ether oxygens (including phenoxy) is 1. The molecule has 0 saturated carbocycles. The van der Waals surface area contributed by atoms with Crippen LogP contribution in [-0.4, -0.2) is 18.5 Å². The molecule has 3 rings (SSSR count). The number of hydrogen-bond acceptors (Lipinski definition) is 4. The molecule has 2 aromatic rings. The molecule has 1 amide bonds. The molecule has 0 fully saturated rings. The molecule has 5 heteroatoms. The number of amides is 1. The van der Waals surface area contributed by atoms with Crippen LogP contribution in [0, 0.1) is 5.92 Å². The van der Waals surface area contributed by atoms with Crippen molar-refractivity contribution in [2.24, 2.45) is 5.92 Å². The SMILES string of the molecule is CCc1ccc(NC(=O)COC(=O)c2cc3c(s2)CC[C@@H](CC)C3)cc1. The number of carbonyl (C=O) groups excluding carboxylic acids is 2. The number of anilines is 1. The van der Waals surface area contributed by atoms with Crippen molar-refractivity contribution in [3.05, 3.63) is 51.2 Å². The maximum absolute atomic E-state index is 12.3. The third-order valence-electron chi connectivity index (χ3n) is 4.94. The summed E-state index contributed by atoms with van der Waals surface area (Å²) >= 11 is 1.51. The molecule has 1 aromatic carbocycles. The van der Waals surface area contributed by atoms with Crippen LogP contribution in [0.2, 0.25) is 0 Å². The molecule has 26 heavy (non-hydrogen) atoms. The first-order chi connectivity index (χ1) is 12.6. The third kappa shape index (κ3) is 4.52. The van der Waals surface area contributed by atoms with Gasteiger partial charge in [0.05, 0.1) is 0 Å². The van der Waals surface area contributed by atoms with Gasteiger partial charge in [-0.05, 0) is 60.9 Å². The summed E-state index contributed by atoms with van der Waals surface area (Å²) in [6, 6.07) is 9.61. The summed E-state index contributed by atoms with van der Waals surface area (Å²) < 4.78 is 5.20. The highest BCUT2D eigenvalue weighted by atomic mass is 32.1. The second-order valence-corrected chi connectivity index (χ2v) is 7.89. The van der Waals surface area contributed by atoms with Crippen molar-refractivity contribution in [1.82, 2.24) is 0 Å². The molecule has 4 nitrogen and oxygen atoms in total. The number of aryl methyl sites for hydroxylation is 2. The molecule has 0 aliphatic heterocycles. The van der Waals surface area contributed by atoms with Gasteiger partial charge in [0.25, 0.3) is 5.91 Å². The summed E-state index contributed by atoms with van der Waals surface area (Å²) in [7, 11) is 0. The van der Waals surface area contributed by atoms with Crippen LogP contribution in [0.5, 0.6) is 0 Å². The van der Waals surface area contributed by atoms with Crippen molar-refractivity contribution < 1.29 is 14.3 Å². The summed E-state index contributed by atoms with van der Waals surface area (Å²) in [6.07, 6.45) is 5.41. The molecule has 1 heterocycles. The Kier molecular flexibility index (Phi) is 6.09. The zero-order chi connectivity index (χ0) is 18.5. The fourth-order valence-corrected chi connectivity index (χ4v) is 4.37. The van der Waals surface area contributed by atoms with E-state index >= 15 is 0 Å². The molecule has 0 spiro atoms. The average Bonchev–Trinajstić information content (AvgIpc) is 3.10. The van der Waals surface area contributed by atoms with Gasteiger partial charge >= 0.3 is 5.97 Å². The van der Waals surface area contributed by atoms with Crippen molar-refractivity contribution in [3.8, 4) is 0 Å². The predicted octanol–water partition coefficient (Wildman–Crippen LogP) is 4.62. The van der Waals surface area contributed by atoms with Crippen LogP contribution >= 0.6 is 11.3 Å². The number of rotatable bonds is 6. The Bertz CT molecular complexity index is 779. The largest absolute Gasteiger partial charge is 0.451 e. The highest BCUT2D eigenvalue weighted by Gasteiger charge is 2.23. The molecule has 0 radical (unpaired) electrons.